The molecule has 2 aromatic rings. The molecular formula is C12H18N6. The Hall–Kier alpha value is -1.95. The summed E-state index contributed by atoms with van der Waals surface area (Å²) in [5, 5.41) is 0. The summed E-state index contributed by atoms with van der Waals surface area (Å²) in [4.78, 5) is 12.8. The summed E-state index contributed by atoms with van der Waals surface area (Å²) in [5.74, 6) is 7.25. The van der Waals surface area contributed by atoms with Gasteiger partial charge in [0.1, 0.15) is 24.3 Å². The molecule has 96 valence electrons. The van der Waals surface area contributed by atoms with Crippen molar-refractivity contribution < 1.29 is 0 Å². The zero-order chi connectivity index (χ0) is 13.3. The van der Waals surface area contributed by atoms with Crippen LogP contribution in [0.1, 0.15) is 36.7 Å². The molecular weight excluding hydrogens is 228 g/mol. The lowest BCUT2D eigenvalue weighted by atomic mass is 10.0. The molecule has 2 rings (SSSR count). The fourth-order valence-corrected chi connectivity index (χ4v) is 1.94. The molecule has 0 aromatic carbocycles. The summed E-state index contributed by atoms with van der Waals surface area (Å²) in [7, 11) is 0. The molecule has 2 aromatic heterocycles. The zero-order valence-electron chi connectivity index (χ0n) is 11.1. The van der Waals surface area contributed by atoms with E-state index in [9.17, 15) is 0 Å². The molecule has 3 N–H and O–H groups in total. The topological polar surface area (TPSA) is 81.7 Å². The summed E-state index contributed by atoms with van der Waals surface area (Å²) < 4.78 is 1.97. The van der Waals surface area contributed by atoms with Crippen molar-refractivity contribution in [2.24, 2.45) is 5.84 Å². The molecule has 0 fully saturated rings. The molecule has 0 bridgehead atoms. The number of aryl methyl sites for hydroxylation is 1. The van der Waals surface area contributed by atoms with Crippen LogP contribution in [0.3, 0.4) is 0 Å². The number of rotatable bonds is 3. The molecule has 6 nitrogen and oxygen atoms in total. The SMILES string of the molecule is Cc1ncn(-c2ncnc(NN)c2C(C)C)c1C. The third kappa shape index (κ3) is 1.95. The van der Waals surface area contributed by atoms with Crippen molar-refractivity contribution in [1.29, 1.82) is 0 Å². The number of nitrogen functional groups attached to an aromatic ring is 1. The Morgan fingerprint density at radius 2 is 1.94 bits per heavy atom. The highest BCUT2D eigenvalue weighted by atomic mass is 15.3. The minimum Gasteiger partial charge on any atom is -0.308 e. The molecule has 0 spiro atoms. The Morgan fingerprint density at radius 3 is 2.44 bits per heavy atom. The van der Waals surface area contributed by atoms with Gasteiger partial charge in [-0.25, -0.2) is 20.8 Å². The number of nitrogens with one attached hydrogen (secondary N) is 1. The Kier molecular flexibility index (Phi) is 3.29. The lowest BCUT2D eigenvalue weighted by Crippen LogP contribution is -2.15. The Morgan fingerprint density at radius 1 is 1.22 bits per heavy atom. The van der Waals surface area contributed by atoms with Crippen LogP contribution in [0.4, 0.5) is 5.82 Å². The summed E-state index contributed by atoms with van der Waals surface area (Å²) in [6, 6.07) is 0. The van der Waals surface area contributed by atoms with Gasteiger partial charge in [-0.15, -0.1) is 0 Å². The molecule has 6 heteroatoms. The average Bonchev–Trinajstić information content (AvgIpc) is 2.69. The van der Waals surface area contributed by atoms with E-state index in [1.54, 1.807) is 6.33 Å². The number of hydrogen-bond acceptors (Lipinski definition) is 5. The van der Waals surface area contributed by atoms with E-state index in [4.69, 9.17) is 5.84 Å². The molecule has 0 unspecified atom stereocenters. The van der Waals surface area contributed by atoms with Crippen molar-refractivity contribution in [2.75, 3.05) is 5.43 Å². The summed E-state index contributed by atoms with van der Waals surface area (Å²) in [6.45, 7) is 8.17. The number of nitrogens with zero attached hydrogens (tertiary/aromatic N) is 4. The van der Waals surface area contributed by atoms with Gasteiger partial charge in [0.05, 0.1) is 5.69 Å². The van der Waals surface area contributed by atoms with Crippen LogP contribution in [-0.4, -0.2) is 19.5 Å². The van der Waals surface area contributed by atoms with E-state index >= 15 is 0 Å². The van der Waals surface area contributed by atoms with Gasteiger partial charge in [-0.1, -0.05) is 13.8 Å². The number of hydrazine groups is 1. The second-order valence-corrected chi connectivity index (χ2v) is 4.54. The first-order chi connectivity index (χ1) is 8.56. The molecule has 0 aliphatic rings. The molecule has 0 aliphatic heterocycles. The summed E-state index contributed by atoms with van der Waals surface area (Å²) in [6.07, 6.45) is 3.28. The van der Waals surface area contributed by atoms with E-state index < -0.39 is 0 Å². The minimum atomic E-state index is 0.259. The van der Waals surface area contributed by atoms with Crippen LogP contribution in [0.5, 0.6) is 0 Å². The molecule has 0 atom stereocenters. The highest BCUT2D eigenvalue weighted by Gasteiger charge is 2.17. The molecule has 0 aliphatic carbocycles. The maximum atomic E-state index is 5.51. The normalized spacial score (nSPS) is 11.0. The lowest BCUT2D eigenvalue weighted by molar-refractivity contribution is 0.808. The first-order valence-corrected chi connectivity index (χ1v) is 5.88. The monoisotopic (exact) mass is 246 g/mol. The van der Waals surface area contributed by atoms with Gasteiger partial charge in [0.25, 0.3) is 0 Å². The minimum absolute atomic E-state index is 0.259. The van der Waals surface area contributed by atoms with Crippen molar-refractivity contribution in [3.05, 3.63) is 29.6 Å². The standard InChI is InChI=1S/C12H18N6/c1-7(2)10-11(17-13)14-5-15-12(10)18-6-16-8(3)9(18)4/h5-7H,13H2,1-4H3,(H,14,15,17). The van der Waals surface area contributed by atoms with Crippen LogP contribution >= 0.6 is 0 Å². The predicted octanol–water partition coefficient (Wildman–Crippen LogP) is 1.69. The molecule has 0 saturated heterocycles. The third-order valence-electron chi connectivity index (χ3n) is 3.06. The van der Waals surface area contributed by atoms with Crippen LogP contribution in [0.2, 0.25) is 0 Å². The Bertz CT molecular complexity index is 558. The van der Waals surface area contributed by atoms with Gasteiger partial charge in [0.15, 0.2) is 0 Å². The van der Waals surface area contributed by atoms with Crippen LogP contribution in [0.15, 0.2) is 12.7 Å². The van der Waals surface area contributed by atoms with E-state index in [1.165, 1.54) is 6.33 Å². The fraction of sp³-hybridized carbons (Fsp3) is 0.417. The number of hydrogen-bond donors (Lipinski definition) is 2. The van der Waals surface area contributed by atoms with Crippen LogP contribution in [0, 0.1) is 13.8 Å². The van der Waals surface area contributed by atoms with E-state index in [0.717, 1.165) is 22.8 Å². The van der Waals surface area contributed by atoms with Crippen molar-refractivity contribution >= 4 is 5.82 Å². The van der Waals surface area contributed by atoms with Crippen molar-refractivity contribution in [3.63, 3.8) is 0 Å². The van der Waals surface area contributed by atoms with Crippen LogP contribution in [-0.2, 0) is 0 Å². The van der Waals surface area contributed by atoms with Gasteiger partial charge in [0, 0.05) is 11.3 Å². The number of imidazole rings is 1. The van der Waals surface area contributed by atoms with Crippen LogP contribution < -0.4 is 11.3 Å². The zero-order valence-corrected chi connectivity index (χ0v) is 11.1. The third-order valence-corrected chi connectivity index (χ3v) is 3.06. The first kappa shape index (κ1) is 12.5. The van der Waals surface area contributed by atoms with Crippen molar-refractivity contribution in [1.82, 2.24) is 19.5 Å². The molecule has 18 heavy (non-hydrogen) atoms. The number of aromatic nitrogens is 4. The first-order valence-electron chi connectivity index (χ1n) is 5.88. The van der Waals surface area contributed by atoms with E-state index in [2.05, 4.69) is 34.2 Å². The van der Waals surface area contributed by atoms with E-state index in [1.807, 2.05) is 18.4 Å². The van der Waals surface area contributed by atoms with Crippen molar-refractivity contribution in [2.45, 2.75) is 33.6 Å². The lowest BCUT2D eigenvalue weighted by Gasteiger charge is -2.16. The second-order valence-electron chi connectivity index (χ2n) is 4.54. The highest BCUT2D eigenvalue weighted by molar-refractivity contribution is 5.53. The quantitative estimate of drug-likeness (QED) is 0.636. The molecule has 0 radical (unpaired) electrons. The summed E-state index contributed by atoms with van der Waals surface area (Å²) >= 11 is 0. The van der Waals surface area contributed by atoms with Gasteiger partial charge in [-0.3, -0.25) is 4.57 Å². The molecule has 0 amide bonds. The van der Waals surface area contributed by atoms with Crippen LogP contribution in [0.25, 0.3) is 5.82 Å². The number of nitrogens with two attached hydrogens (primary N) is 1. The Balaban J connectivity index is 2.67. The van der Waals surface area contributed by atoms with Gasteiger partial charge in [-0.2, -0.15) is 0 Å². The highest BCUT2D eigenvalue weighted by Crippen LogP contribution is 2.27. The van der Waals surface area contributed by atoms with E-state index in [0.29, 0.717) is 5.82 Å². The Labute approximate surface area is 106 Å². The maximum absolute atomic E-state index is 5.51. The van der Waals surface area contributed by atoms with Gasteiger partial charge < -0.3 is 5.43 Å². The smallest absolute Gasteiger partial charge is 0.149 e. The average molecular weight is 246 g/mol. The number of anilines is 1. The van der Waals surface area contributed by atoms with Crippen molar-refractivity contribution in [3.8, 4) is 5.82 Å². The van der Waals surface area contributed by atoms with Gasteiger partial charge >= 0.3 is 0 Å². The summed E-state index contributed by atoms with van der Waals surface area (Å²) in [5.41, 5.74) is 5.67. The molecule has 0 saturated carbocycles. The van der Waals surface area contributed by atoms with Gasteiger partial charge in [-0.05, 0) is 19.8 Å². The van der Waals surface area contributed by atoms with Gasteiger partial charge in [0.2, 0.25) is 0 Å². The second kappa shape index (κ2) is 4.73. The molecule has 2 heterocycles. The predicted molar refractivity (Wildman–Crippen MR) is 70.5 cm³/mol. The fourth-order valence-electron chi connectivity index (χ4n) is 1.94. The largest absolute Gasteiger partial charge is 0.308 e. The van der Waals surface area contributed by atoms with E-state index in [-0.39, 0.29) is 5.92 Å². The maximum Gasteiger partial charge on any atom is 0.149 e.